The summed E-state index contributed by atoms with van der Waals surface area (Å²) >= 11 is 0. The van der Waals surface area contributed by atoms with Crippen LogP contribution in [0, 0.1) is 0 Å². The molecule has 0 aliphatic rings. The van der Waals surface area contributed by atoms with Crippen molar-refractivity contribution in [1.82, 2.24) is 0 Å². The first-order valence-corrected chi connectivity index (χ1v) is 5.27. The number of benzene rings is 2. The van der Waals surface area contributed by atoms with Crippen LogP contribution in [-0.4, -0.2) is 7.85 Å². The monoisotopic (exact) mass is 194 g/mol. The van der Waals surface area contributed by atoms with Crippen LogP contribution in [0.25, 0.3) is 10.8 Å². The van der Waals surface area contributed by atoms with Crippen LogP contribution in [0.3, 0.4) is 0 Å². The summed E-state index contributed by atoms with van der Waals surface area (Å²) in [7, 11) is 5.92. The molecule has 0 saturated carbocycles. The summed E-state index contributed by atoms with van der Waals surface area (Å²) in [5, 5.41) is 2.53. The Labute approximate surface area is 92.7 Å². The van der Waals surface area contributed by atoms with Gasteiger partial charge in [-0.3, -0.25) is 0 Å². The molecule has 2 aromatic carbocycles. The maximum Gasteiger partial charge on any atom is 0.113 e. The molecule has 0 aliphatic carbocycles. The number of hydrogen-bond donors (Lipinski definition) is 0. The molecule has 2 aromatic rings. The smallest absolute Gasteiger partial charge is 0.0958 e. The molecule has 0 atom stereocenters. The highest BCUT2D eigenvalue weighted by Crippen LogP contribution is 2.28. The summed E-state index contributed by atoms with van der Waals surface area (Å²) in [6.45, 7) is 6.65. The minimum Gasteiger partial charge on any atom is -0.0958 e. The predicted octanol–water partition coefficient (Wildman–Crippen LogP) is 2.93. The lowest BCUT2D eigenvalue weighted by Crippen LogP contribution is -2.15. The third-order valence-electron chi connectivity index (χ3n) is 2.69. The molecule has 0 spiro atoms. The van der Waals surface area contributed by atoms with E-state index in [2.05, 4.69) is 45.0 Å². The van der Waals surface area contributed by atoms with Crippen LogP contribution in [0.5, 0.6) is 0 Å². The fraction of sp³-hybridized carbons (Fsp3) is 0.286. The Bertz CT molecular complexity index is 492. The molecule has 0 nitrogen and oxygen atoms in total. The second-order valence-electron chi connectivity index (χ2n) is 5.04. The van der Waals surface area contributed by atoms with Crippen LogP contribution in [0.1, 0.15) is 26.3 Å². The van der Waals surface area contributed by atoms with Gasteiger partial charge in [-0.15, -0.1) is 0 Å². The lowest BCUT2D eigenvalue weighted by molar-refractivity contribution is 0.596. The number of hydrogen-bond acceptors (Lipinski definition) is 0. The Kier molecular flexibility index (Phi) is 2.34. The molecule has 0 fully saturated rings. The zero-order valence-corrected chi connectivity index (χ0v) is 9.54. The van der Waals surface area contributed by atoms with Crippen LogP contribution in [0.15, 0.2) is 36.4 Å². The van der Waals surface area contributed by atoms with Crippen molar-refractivity contribution in [1.29, 1.82) is 0 Å². The van der Waals surface area contributed by atoms with Crippen LogP contribution in [0.4, 0.5) is 0 Å². The first-order valence-electron chi connectivity index (χ1n) is 5.27. The maximum atomic E-state index is 5.92. The van der Waals surface area contributed by atoms with E-state index < -0.39 is 0 Å². The van der Waals surface area contributed by atoms with Gasteiger partial charge in [0.1, 0.15) is 7.85 Å². The van der Waals surface area contributed by atoms with Gasteiger partial charge in [-0.05, 0) is 21.8 Å². The molecular weight excluding hydrogens is 179 g/mol. The first-order chi connectivity index (χ1) is 6.98. The van der Waals surface area contributed by atoms with Crippen molar-refractivity contribution in [3.63, 3.8) is 0 Å². The first kappa shape index (κ1) is 10.3. The molecular formula is C14H15B. The van der Waals surface area contributed by atoms with E-state index in [0.717, 1.165) is 5.46 Å². The van der Waals surface area contributed by atoms with Gasteiger partial charge >= 0.3 is 0 Å². The van der Waals surface area contributed by atoms with E-state index in [1.165, 1.54) is 16.3 Å². The summed E-state index contributed by atoms with van der Waals surface area (Å²) in [6, 6.07) is 12.5. The van der Waals surface area contributed by atoms with E-state index in [1.54, 1.807) is 0 Å². The summed E-state index contributed by atoms with van der Waals surface area (Å²) in [5.41, 5.74) is 2.30. The minimum absolute atomic E-state index is 0.134. The second-order valence-corrected chi connectivity index (χ2v) is 5.04. The molecule has 0 N–H and O–H groups in total. The topological polar surface area (TPSA) is 0 Å². The SMILES string of the molecule is [B]c1cc(C(C)(C)C)c2ccccc2c1. The third-order valence-corrected chi connectivity index (χ3v) is 2.69. The summed E-state index contributed by atoms with van der Waals surface area (Å²) in [5.74, 6) is 0. The summed E-state index contributed by atoms with van der Waals surface area (Å²) in [6.07, 6.45) is 0. The molecule has 0 bridgehead atoms. The lowest BCUT2D eigenvalue weighted by atomic mass is 9.80. The predicted molar refractivity (Wildman–Crippen MR) is 68.0 cm³/mol. The normalized spacial score (nSPS) is 11.9. The highest BCUT2D eigenvalue weighted by Gasteiger charge is 2.16. The van der Waals surface area contributed by atoms with E-state index in [9.17, 15) is 0 Å². The Balaban J connectivity index is 2.83. The Morgan fingerprint density at radius 3 is 2.33 bits per heavy atom. The van der Waals surface area contributed by atoms with Crippen molar-refractivity contribution in [3.05, 3.63) is 42.0 Å². The Morgan fingerprint density at radius 1 is 1.00 bits per heavy atom. The van der Waals surface area contributed by atoms with Crippen LogP contribution in [-0.2, 0) is 5.41 Å². The van der Waals surface area contributed by atoms with Gasteiger partial charge in [0.15, 0.2) is 0 Å². The Hall–Kier alpha value is -1.24. The largest absolute Gasteiger partial charge is 0.113 e. The van der Waals surface area contributed by atoms with Gasteiger partial charge in [0, 0.05) is 0 Å². The van der Waals surface area contributed by atoms with Crippen molar-refractivity contribution < 1.29 is 0 Å². The maximum absolute atomic E-state index is 5.92. The highest BCUT2D eigenvalue weighted by atomic mass is 14.2. The lowest BCUT2D eigenvalue weighted by Gasteiger charge is -2.22. The van der Waals surface area contributed by atoms with Gasteiger partial charge < -0.3 is 0 Å². The van der Waals surface area contributed by atoms with Gasteiger partial charge in [-0.1, -0.05) is 62.6 Å². The van der Waals surface area contributed by atoms with E-state index in [-0.39, 0.29) is 5.41 Å². The second kappa shape index (κ2) is 3.41. The van der Waals surface area contributed by atoms with Gasteiger partial charge in [0.05, 0.1) is 0 Å². The average molecular weight is 194 g/mol. The van der Waals surface area contributed by atoms with E-state index in [4.69, 9.17) is 7.85 Å². The van der Waals surface area contributed by atoms with E-state index in [0.29, 0.717) is 0 Å². The van der Waals surface area contributed by atoms with E-state index >= 15 is 0 Å². The fourth-order valence-electron chi connectivity index (χ4n) is 1.95. The molecule has 2 radical (unpaired) electrons. The van der Waals surface area contributed by atoms with Crippen molar-refractivity contribution >= 4 is 24.1 Å². The standard InChI is InChI=1S/C14H15B/c1-14(2,3)13-9-11(15)8-10-6-4-5-7-12(10)13/h4-9H,1-3H3. The minimum atomic E-state index is 0.134. The molecule has 0 aliphatic heterocycles. The van der Waals surface area contributed by atoms with Gasteiger partial charge in [-0.25, -0.2) is 0 Å². The summed E-state index contributed by atoms with van der Waals surface area (Å²) in [4.78, 5) is 0. The van der Waals surface area contributed by atoms with Crippen LogP contribution in [0.2, 0.25) is 0 Å². The van der Waals surface area contributed by atoms with Crippen LogP contribution >= 0.6 is 0 Å². The van der Waals surface area contributed by atoms with E-state index in [1.807, 2.05) is 12.1 Å². The number of fused-ring (bicyclic) bond motifs is 1. The third kappa shape index (κ3) is 1.92. The quantitative estimate of drug-likeness (QED) is 0.565. The van der Waals surface area contributed by atoms with Crippen molar-refractivity contribution in [3.8, 4) is 0 Å². The Morgan fingerprint density at radius 2 is 1.67 bits per heavy atom. The van der Waals surface area contributed by atoms with Crippen molar-refractivity contribution in [2.75, 3.05) is 0 Å². The number of rotatable bonds is 0. The molecule has 74 valence electrons. The van der Waals surface area contributed by atoms with Crippen LogP contribution < -0.4 is 5.46 Å². The highest BCUT2D eigenvalue weighted by molar-refractivity contribution is 6.33. The van der Waals surface area contributed by atoms with Crippen molar-refractivity contribution in [2.24, 2.45) is 0 Å². The molecule has 0 saturated heterocycles. The molecule has 0 unspecified atom stereocenters. The molecule has 0 amide bonds. The molecule has 0 heterocycles. The summed E-state index contributed by atoms with van der Waals surface area (Å²) < 4.78 is 0. The fourth-order valence-corrected chi connectivity index (χ4v) is 1.95. The molecule has 0 aromatic heterocycles. The van der Waals surface area contributed by atoms with Gasteiger partial charge in [-0.2, -0.15) is 0 Å². The molecule has 2 rings (SSSR count). The average Bonchev–Trinajstić information content (AvgIpc) is 2.15. The zero-order chi connectivity index (χ0) is 11.1. The van der Waals surface area contributed by atoms with Crippen molar-refractivity contribution in [2.45, 2.75) is 26.2 Å². The molecule has 1 heteroatoms. The van der Waals surface area contributed by atoms with Gasteiger partial charge in [0.25, 0.3) is 0 Å². The zero-order valence-electron chi connectivity index (χ0n) is 9.54. The van der Waals surface area contributed by atoms with Gasteiger partial charge in [0.2, 0.25) is 0 Å². The molecule has 15 heavy (non-hydrogen) atoms.